The molecule has 0 spiro atoms. The second-order valence-corrected chi connectivity index (χ2v) is 5.18. The summed E-state index contributed by atoms with van der Waals surface area (Å²) in [7, 11) is 0. The lowest BCUT2D eigenvalue weighted by Gasteiger charge is -2.42. The third kappa shape index (κ3) is 1.77. The lowest BCUT2D eigenvalue weighted by atomic mass is 9.81. The van der Waals surface area contributed by atoms with Crippen molar-refractivity contribution in [1.29, 1.82) is 0 Å². The van der Waals surface area contributed by atoms with Crippen LogP contribution in [0.15, 0.2) is 23.8 Å². The predicted octanol–water partition coefficient (Wildman–Crippen LogP) is 1.68. The molecule has 2 aliphatic heterocycles. The zero-order valence-electron chi connectivity index (χ0n) is 9.23. The molecule has 1 fully saturated rings. The molecule has 0 amide bonds. The third-order valence-corrected chi connectivity index (χ3v) is 4.07. The van der Waals surface area contributed by atoms with Gasteiger partial charge in [-0.1, -0.05) is 24.6 Å². The molecule has 0 saturated carbocycles. The summed E-state index contributed by atoms with van der Waals surface area (Å²) < 4.78 is 0. The molecule has 3 atom stereocenters. The molecule has 3 unspecified atom stereocenters. The number of nitrogens with two attached hydrogens (primary N) is 1. The first kappa shape index (κ1) is 9.61. The van der Waals surface area contributed by atoms with Crippen LogP contribution >= 0.6 is 0 Å². The summed E-state index contributed by atoms with van der Waals surface area (Å²) in [4.78, 5) is 2.66. The molecule has 3 aliphatic rings. The number of hydrogen-bond acceptors (Lipinski definition) is 2. The maximum absolute atomic E-state index is 5.98. The molecule has 0 aromatic rings. The van der Waals surface area contributed by atoms with Crippen LogP contribution in [-0.4, -0.2) is 30.1 Å². The molecule has 0 radical (unpaired) electrons. The highest BCUT2D eigenvalue weighted by molar-refractivity contribution is 5.31. The fourth-order valence-electron chi connectivity index (χ4n) is 3.22. The van der Waals surface area contributed by atoms with E-state index < -0.39 is 0 Å². The predicted molar refractivity (Wildman–Crippen MR) is 62.5 cm³/mol. The van der Waals surface area contributed by atoms with Crippen LogP contribution in [0.2, 0.25) is 0 Å². The van der Waals surface area contributed by atoms with E-state index in [1.54, 1.807) is 5.57 Å². The van der Waals surface area contributed by atoms with Gasteiger partial charge in [-0.3, -0.25) is 4.90 Å². The van der Waals surface area contributed by atoms with Gasteiger partial charge in [0.05, 0.1) is 0 Å². The normalized spacial score (nSPS) is 40.6. The average Bonchev–Trinajstić information content (AvgIpc) is 2.26. The molecule has 1 aliphatic carbocycles. The van der Waals surface area contributed by atoms with E-state index in [0.717, 1.165) is 12.5 Å². The van der Waals surface area contributed by atoms with Crippen molar-refractivity contribution in [3.05, 3.63) is 23.8 Å². The van der Waals surface area contributed by atoms with E-state index in [0.29, 0.717) is 5.92 Å². The Morgan fingerprint density at radius 1 is 1.33 bits per heavy atom. The largest absolute Gasteiger partial charge is 0.324 e. The fraction of sp³-hybridized carbons (Fsp3) is 0.692. The van der Waals surface area contributed by atoms with Gasteiger partial charge >= 0.3 is 0 Å². The monoisotopic (exact) mass is 204 g/mol. The lowest BCUT2D eigenvalue weighted by molar-refractivity contribution is 0.143. The summed E-state index contributed by atoms with van der Waals surface area (Å²) in [6, 6.07) is 1.01. The molecule has 15 heavy (non-hydrogen) atoms. The topological polar surface area (TPSA) is 29.3 Å². The lowest BCUT2D eigenvalue weighted by Crippen LogP contribution is -2.46. The quantitative estimate of drug-likeness (QED) is 0.650. The second kappa shape index (κ2) is 3.76. The van der Waals surface area contributed by atoms with Crippen LogP contribution in [0.4, 0.5) is 0 Å². The molecule has 1 saturated heterocycles. The van der Waals surface area contributed by atoms with Crippen LogP contribution in [0.3, 0.4) is 0 Å². The van der Waals surface area contributed by atoms with Gasteiger partial charge < -0.3 is 5.73 Å². The Kier molecular flexibility index (Phi) is 2.41. The highest BCUT2D eigenvalue weighted by atomic mass is 15.2. The van der Waals surface area contributed by atoms with Gasteiger partial charge in [-0.25, -0.2) is 0 Å². The van der Waals surface area contributed by atoms with Crippen LogP contribution in [0, 0.1) is 5.92 Å². The van der Waals surface area contributed by atoms with E-state index >= 15 is 0 Å². The summed E-state index contributed by atoms with van der Waals surface area (Å²) in [6.45, 7) is 2.54. The van der Waals surface area contributed by atoms with Gasteiger partial charge in [-0.15, -0.1) is 0 Å². The van der Waals surface area contributed by atoms with Crippen molar-refractivity contribution in [3.63, 3.8) is 0 Å². The molecular weight excluding hydrogens is 184 g/mol. The molecule has 2 nitrogen and oxygen atoms in total. The van der Waals surface area contributed by atoms with Gasteiger partial charge in [0, 0.05) is 18.6 Å². The molecule has 0 bridgehead atoms. The maximum Gasteiger partial charge on any atom is 0.0284 e. The standard InChI is InChI=1S/C13H20N2/c14-12-5-4-10-8-13-3-1-2-6-15(13)9-11(10)7-12/h4-5,8,11-13H,1-3,6-7,9,14H2. The Morgan fingerprint density at radius 2 is 2.27 bits per heavy atom. The van der Waals surface area contributed by atoms with E-state index in [1.165, 1.54) is 32.4 Å². The van der Waals surface area contributed by atoms with Crippen LogP contribution in [0.5, 0.6) is 0 Å². The molecule has 2 heteroatoms. The van der Waals surface area contributed by atoms with Gasteiger partial charge in [-0.2, -0.15) is 0 Å². The number of hydrogen-bond donors (Lipinski definition) is 1. The zero-order chi connectivity index (χ0) is 10.3. The first-order valence-corrected chi connectivity index (χ1v) is 6.22. The Labute approximate surface area is 91.8 Å². The SMILES string of the molecule is NC1C=CC2=CC3CCCCN3CC2C1. The third-order valence-electron chi connectivity index (χ3n) is 4.07. The van der Waals surface area contributed by atoms with Crippen molar-refractivity contribution in [2.75, 3.05) is 13.1 Å². The van der Waals surface area contributed by atoms with Gasteiger partial charge in [0.25, 0.3) is 0 Å². The van der Waals surface area contributed by atoms with E-state index in [4.69, 9.17) is 5.73 Å². The Hall–Kier alpha value is -0.600. The smallest absolute Gasteiger partial charge is 0.0284 e. The van der Waals surface area contributed by atoms with Gasteiger partial charge in [-0.05, 0) is 37.3 Å². The summed E-state index contributed by atoms with van der Waals surface area (Å²) in [5.41, 5.74) is 7.53. The minimum atomic E-state index is 0.286. The minimum absolute atomic E-state index is 0.286. The van der Waals surface area contributed by atoms with E-state index in [1.807, 2.05) is 0 Å². The second-order valence-electron chi connectivity index (χ2n) is 5.18. The molecule has 0 aromatic carbocycles. The van der Waals surface area contributed by atoms with Crippen molar-refractivity contribution in [1.82, 2.24) is 4.90 Å². The van der Waals surface area contributed by atoms with Crippen molar-refractivity contribution in [2.24, 2.45) is 11.7 Å². The fourth-order valence-corrected chi connectivity index (χ4v) is 3.22. The van der Waals surface area contributed by atoms with Gasteiger partial charge in [0.2, 0.25) is 0 Å². The average molecular weight is 204 g/mol. The molecular formula is C13H20N2. The Morgan fingerprint density at radius 3 is 3.20 bits per heavy atom. The van der Waals surface area contributed by atoms with Crippen LogP contribution in [0.25, 0.3) is 0 Å². The Bertz CT molecular complexity index is 306. The summed E-state index contributed by atoms with van der Waals surface area (Å²) in [5, 5.41) is 0. The summed E-state index contributed by atoms with van der Waals surface area (Å²) in [6.07, 6.45) is 12.2. The first-order chi connectivity index (χ1) is 7.33. The highest BCUT2D eigenvalue weighted by Gasteiger charge is 2.31. The number of piperidine rings is 1. The Balaban J connectivity index is 1.85. The number of fused-ring (bicyclic) bond motifs is 2. The van der Waals surface area contributed by atoms with Gasteiger partial charge in [0.1, 0.15) is 0 Å². The first-order valence-electron chi connectivity index (χ1n) is 6.22. The highest BCUT2D eigenvalue weighted by Crippen LogP contribution is 2.33. The minimum Gasteiger partial charge on any atom is -0.324 e. The molecule has 0 aromatic heterocycles. The van der Waals surface area contributed by atoms with Gasteiger partial charge in [0.15, 0.2) is 0 Å². The molecule has 2 N–H and O–H groups in total. The van der Waals surface area contributed by atoms with Crippen molar-refractivity contribution >= 4 is 0 Å². The van der Waals surface area contributed by atoms with Crippen molar-refractivity contribution in [2.45, 2.75) is 37.8 Å². The van der Waals surface area contributed by atoms with Crippen LogP contribution in [0.1, 0.15) is 25.7 Å². The van der Waals surface area contributed by atoms with Crippen molar-refractivity contribution in [3.8, 4) is 0 Å². The van der Waals surface area contributed by atoms with Crippen LogP contribution in [-0.2, 0) is 0 Å². The van der Waals surface area contributed by atoms with E-state index in [2.05, 4.69) is 23.1 Å². The number of rotatable bonds is 0. The van der Waals surface area contributed by atoms with E-state index in [-0.39, 0.29) is 6.04 Å². The summed E-state index contributed by atoms with van der Waals surface area (Å²) >= 11 is 0. The molecule has 2 heterocycles. The van der Waals surface area contributed by atoms with E-state index in [9.17, 15) is 0 Å². The molecule has 82 valence electrons. The maximum atomic E-state index is 5.98. The van der Waals surface area contributed by atoms with Crippen LogP contribution < -0.4 is 5.73 Å². The summed E-state index contributed by atoms with van der Waals surface area (Å²) in [5.74, 6) is 0.708. The zero-order valence-corrected chi connectivity index (χ0v) is 9.23. The number of allylic oxidation sites excluding steroid dienone is 1. The van der Waals surface area contributed by atoms with Crippen molar-refractivity contribution < 1.29 is 0 Å². The molecule has 3 rings (SSSR count). The number of nitrogens with zero attached hydrogens (tertiary/aromatic N) is 1.